The smallest absolute Gasteiger partial charge is 0.138 e. The van der Waals surface area contributed by atoms with Crippen LogP contribution in [0.4, 0.5) is 13.2 Å². The molecule has 0 fully saturated rings. The van der Waals surface area contributed by atoms with E-state index in [4.69, 9.17) is 5.21 Å². The van der Waals surface area contributed by atoms with Crippen LogP contribution in [-0.4, -0.2) is 24.6 Å². The number of rotatable bonds is 3. The quantitative estimate of drug-likeness (QED) is 0.479. The first-order chi connectivity index (χ1) is 7.10. The molecule has 0 aliphatic carbocycles. The molecule has 0 aromatic heterocycles. The number of nitrogens with zero attached hydrogens (tertiary/aromatic N) is 1. The van der Waals surface area contributed by atoms with Crippen molar-refractivity contribution in [2.24, 2.45) is 5.16 Å². The SMILES string of the molecule is COCC(=NO)c1c(F)cc(F)cc1F. The van der Waals surface area contributed by atoms with Gasteiger partial charge < -0.3 is 9.94 Å². The lowest BCUT2D eigenvalue weighted by molar-refractivity contribution is 0.237. The van der Waals surface area contributed by atoms with E-state index in [-0.39, 0.29) is 12.3 Å². The molecule has 0 saturated heterocycles. The van der Waals surface area contributed by atoms with Gasteiger partial charge in [-0.15, -0.1) is 0 Å². The molecular weight excluding hydrogens is 211 g/mol. The van der Waals surface area contributed by atoms with E-state index >= 15 is 0 Å². The van der Waals surface area contributed by atoms with Crippen molar-refractivity contribution < 1.29 is 23.1 Å². The fraction of sp³-hybridized carbons (Fsp3) is 0.222. The Morgan fingerprint density at radius 3 is 2.27 bits per heavy atom. The maximum atomic E-state index is 13.1. The molecule has 0 atom stereocenters. The summed E-state index contributed by atoms with van der Waals surface area (Å²) in [5, 5.41) is 11.2. The molecule has 0 aliphatic heterocycles. The van der Waals surface area contributed by atoms with Crippen molar-refractivity contribution in [2.45, 2.75) is 0 Å². The van der Waals surface area contributed by atoms with Crippen LogP contribution in [0.2, 0.25) is 0 Å². The second-order valence-electron chi connectivity index (χ2n) is 2.72. The van der Waals surface area contributed by atoms with Crippen LogP contribution in [0.3, 0.4) is 0 Å². The average molecular weight is 219 g/mol. The predicted molar refractivity (Wildman–Crippen MR) is 46.5 cm³/mol. The first-order valence-corrected chi connectivity index (χ1v) is 3.95. The average Bonchev–Trinajstić information content (AvgIpc) is 2.14. The van der Waals surface area contributed by atoms with E-state index in [2.05, 4.69) is 9.89 Å². The largest absolute Gasteiger partial charge is 0.411 e. The fourth-order valence-corrected chi connectivity index (χ4v) is 1.11. The number of halogens is 3. The molecule has 0 amide bonds. The van der Waals surface area contributed by atoms with Crippen LogP contribution in [0.25, 0.3) is 0 Å². The molecule has 0 aliphatic rings. The van der Waals surface area contributed by atoms with E-state index in [1.807, 2.05) is 0 Å². The molecule has 0 bridgehead atoms. The summed E-state index contributed by atoms with van der Waals surface area (Å²) < 4.78 is 43.4. The van der Waals surface area contributed by atoms with Gasteiger partial charge in [0.1, 0.15) is 23.2 Å². The summed E-state index contributed by atoms with van der Waals surface area (Å²) in [5.41, 5.74) is -0.937. The lowest BCUT2D eigenvalue weighted by Gasteiger charge is -2.06. The molecule has 1 aromatic rings. The first-order valence-electron chi connectivity index (χ1n) is 3.95. The highest BCUT2D eigenvalue weighted by atomic mass is 19.1. The van der Waals surface area contributed by atoms with Crippen molar-refractivity contribution in [3.05, 3.63) is 35.1 Å². The zero-order valence-corrected chi connectivity index (χ0v) is 7.80. The van der Waals surface area contributed by atoms with Gasteiger partial charge in [0.05, 0.1) is 12.2 Å². The third-order valence-corrected chi connectivity index (χ3v) is 1.70. The summed E-state index contributed by atoms with van der Waals surface area (Å²) in [6, 6.07) is 0.999. The zero-order chi connectivity index (χ0) is 11.4. The molecule has 0 radical (unpaired) electrons. The summed E-state index contributed by atoms with van der Waals surface area (Å²) in [6.07, 6.45) is 0. The summed E-state index contributed by atoms with van der Waals surface area (Å²) in [5.74, 6) is -3.32. The van der Waals surface area contributed by atoms with Gasteiger partial charge in [-0.1, -0.05) is 5.16 Å². The van der Waals surface area contributed by atoms with Gasteiger partial charge in [0.15, 0.2) is 0 Å². The minimum absolute atomic E-state index is 0.282. The Labute approximate surface area is 83.8 Å². The molecule has 0 unspecified atom stereocenters. The summed E-state index contributed by atoms with van der Waals surface area (Å²) in [4.78, 5) is 0. The standard InChI is InChI=1S/C9H8F3NO2/c1-15-4-8(13-14)9-6(11)2-5(10)3-7(9)12/h2-3,14H,4H2,1H3. The second kappa shape index (κ2) is 4.79. The Bertz CT molecular complexity index is 370. The molecule has 3 nitrogen and oxygen atoms in total. The Kier molecular flexibility index (Phi) is 3.68. The van der Waals surface area contributed by atoms with E-state index in [0.29, 0.717) is 12.1 Å². The van der Waals surface area contributed by atoms with Gasteiger partial charge in [0.2, 0.25) is 0 Å². The molecule has 1 aromatic carbocycles. The van der Waals surface area contributed by atoms with Crippen LogP contribution < -0.4 is 0 Å². The minimum atomic E-state index is -1.14. The van der Waals surface area contributed by atoms with Gasteiger partial charge in [-0.05, 0) is 0 Å². The normalized spacial score (nSPS) is 11.9. The summed E-state index contributed by atoms with van der Waals surface area (Å²) in [6.45, 7) is -0.282. The van der Waals surface area contributed by atoms with E-state index in [1.165, 1.54) is 7.11 Å². The highest BCUT2D eigenvalue weighted by molar-refractivity contribution is 6.01. The van der Waals surface area contributed by atoms with Crippen LogP contribution in [0.1, 0.15) is 5.56 Å². The number of oxime groups is 1. The van der Waals surface area contributed by atoms with Crippen molar-refractivity contribution in [3.63, 3.8) is 0 Å². The van der Waals surface area contributed by atoms with Crippen molar-refractivity contribution >= 4 is 5.71 Å². The number of benzene rings is 1. The van der Waals surface area contributed by atoms with Gasteiger partial charge in [0.25, 0.3) is 0 Å². The Hall–Kier alpha value is -1.56. The highest BCUT2D eigenvalue weighted by Crippen LogP contribution is 2.15. The molecule has 6 heteroatoms. The monoisotopic (exact) mass is 219 g/mol. The summed E-state index contributed by atoms with van der Waals surface area (Å²) in [7, 11) is 1.27. The molecule has 0 heterocycles. The van der Waals surface area contributed by atoms with Crippen LogP contribution in [0.15, 0.2) is 17.3 Å². The minimum Gasteiger partial charge on any atom is -0.411 e. The number of hydrogen-bond donors (Lipinski definition) is 1. The fourth-order valence-electron chi connectivity index (χ4n) is 1.11. The number of ether oxygens (including phenoxy) is 1. The van der Waals surface area contributed by atoms with Gasteiger partial charge in [-0.25, -0.2) is 13.2 Å². The van der Waals surface area contributed by atoms with E-state index in [9.17, 15) is 13.2 Å². The maximum absolute atomic E-state index is 13.1. The van der Waals surface area contributed by atoms with Crippen LogP contribution in [0.5, 0.6) is 0 Å². The first kappa shape index (κ1) is 11.5. The second-order valence-corrected chi connectivity index (χ2v) is 2.72. The van der Waals surface area contributed by atoms with Gasteiger partial charge in [0, 0.05) is 19.2 Å². The molecule has 15 heavy (non-hydrogen) atoms. The zero-order valence-electron chi connectivity index (χ0n) is 7.80. The van der Waals surface area contributed by atoms with E-state index in [1.54, 1.807) is 0 Å². The van der Waals surface area contributed by atoms with Crippen LogP contribution >= 0.6 is 0 Å². The number of hydrogen-bond acceptors (Lipinski definition) is 3. The Morgan fingerprint density at radius 2 is 1.87 bits per heavy atom. The van der Waals surface area contributed by atoms with Crippen LogP contribution in [0, 0.1) is 17.5 Å². The predicted octanol–water partition coefficient (Wildman–Crippen LogP) is 1.93. The molecule has 82 valence electrons. The van der Waals surface area contributed by atoms with Gasteiger partial charge in [-0.3, -0.25) is 0 Å². The molecular formula is C9H8F3NO2. The van der Waals surface area contributed by atoms with Crippen molar-refractivity contribution in [2.75, 3.05) is 13.7 Å². The maximum Gasteiger partial charge on any atom is 0.138 e. The third kappa shape index (κ3) is 2.47. The topological polar surface area (TPSA) is 41.8 Å². The molecule has 1 N–H and O–H groups in total. The molecule has 0 spiro atoms. The summed E-state index contributed by atoms with van der Waals surface area (Å²) >= 11 is 0. The van der Waals surface area contributed by atoms with Crippen molar-refractivity contribution in [1.29, 1.82) is 0 Å². The third-order valence-electron chi connectivity index (χ3n) is 1.70. The van der Waals surface area contributed by atoms with Crippen molar-refractivity contribution in [1.82, 2.24) is 0 Å². The lowest BCUT2D eigenvalue weighted by Crippen LogP contribution is -2.13. The molecule has 0 saturated carbocycles. The van der Waals surface area contributed by atoms with Crippen LogP contribution in [-0.2, 0) is 4.74 Å². The number of methoxy groups -OCH3 is 1. The van der Waals surface area contributed by atoms with Gasteiger partial charge >= 0.3 is 0 Å². The lowest BCUT2D eigenvalue weighted by atomic mass is 10.1. The van der Waals surface area contributed by atoms with Gasteiger partial charge in [-0.2, -0.15) is 0 Å². The Morgan fingerprint density at radius 1 is 1.33 bits per heavy atom. The van der Waals surface area contributed by atoms with E-state index in [0.717, 1.165) is 0 Å². The highest BCUT2D eigenvalue weighted by Gasteiger charge is 2.17. The Balaban J connectivity index is 3.24. The van der Waals surface area contributed by atoms with Crippen molar-refractivity contribution in [3.8, 4) is 0 Å². The molecule has 1 rings (SSSR count). The van der Waals surface area contributed by atoms with E-state index < -0.39 is 23.0 Å².